The lowest BCUT2D eigenvalue weighted by atomic mass is 10.3. The molecule has 0 spiro atoms. The minimum Gasteiger partial charge on any atom is -0.353 e. The van der Waals surface area contributed by atoms with Crippen LogP contribution >= 0.6 is 12.2 Å². The number of hydrogen-bond acceptors (Lipinski definition) is 3. The van der Waals surface area contributed by atoms with Gasteiger partial charge in [0.25, 0.3) is 0 Å². The van der Waals surface area contributed by atoms with Gasteiger partial charge in [-0.15, -0.1) is 0 Å². The van der Waals surface area contributed by atoms with Crippen LogP contribution in [0.4, 0.5) is 17.1 Å². The third-order valence-electron chi connectivity index (χ3n) is 2.13. The summed E-state index contributed by atoms with van der Waals surface area (Å²) in [5.41, 5.74) is 4.07. The first-order valence-corrected chi connectivity index (χ1v) is 5.63. The van der Waals surface area contributed by atoms with Crippen LogP contribution in [0.5, 0.6) is 0 Å². The van der Waals surface area contributed by atoms with Crippen molar-refractivity contribution in [2.45, 2.75) is 0 Å². The number of benzene rings is 2. The average Bonchev–Trinajstić information content (AvgIpc) is 2.40. The van der Waals surface area contributed by atoms with Gasteiger partial charge in [0.2, 0.25) is 0 Å². The van der Waals surface area contributed by atoms with Crippen molar-refractivity contribution in [1.29, 1.82) is 0 Å². The van der Waals surface area contributed by atoms with Gasteiger partial charge < -0.3 is 5.32 Å². The first-order valence-electron chi connectivity index (χ1n) is 5.15. The Morgan fingerprint density at radius 3 is 2.00 bits per heavy atom. The Labute approximate surface area is 105 Å². The van der Waals surface area contributed by atoms with Gasteiger partial charge in [0.1, 0.15) is 0 Å². The van der Waals surface area contributed by atoms with E-state index in [0.29, 0.717) is 0 Å². The Hall–Kier alpha value is -2.07. The molecule has 4 heteroatoms. The Morgan fingerprint density at radius 1 is 0.824 bits per heavy atom. The molecule has 3 nitrogen and oxygen atoms in total. The largest absolute Gasteiger partial charge is 0.353 e. The van der Waals surface area contributed by atoms with Crippen molar-refractivity contribution >= 4 is 34.8 Å². The fourth-order valence-corrected chi connectivity index (χ4v) is 1.44. The molecule has 0 atom stereocenters. The van der Waals surface area contributed by atoms with Crippen LogP contribution in [0, 0.1) is 0 Å². The maximum Gasteiger partial charge on any atom is 0.0858 e. The molecule has 0 aromatic heterocycles. The molecule has 2 aromatic carbocycles. The minimum atomic E-state index is 0.809. The number of nitrogens with one attached hydrogen (secondary N) is 1. The van der Waals surface area contributed by atoms with Gasteiger partial charge in [0.05, 0.1) is 16.9 Å². The second kappa shape index (κ2) is 5.86. The zero-order valence-corrected chi connectivity index (χ0v) is 9.89. The lowest BCUT2D eigenvalue weighted by Crippen LogP contribution is -1.89. The second-order valence-electron chi connectivity index (χ2n) is 3.34. The maximum absolute atomic E-state index is 4.70. The molecule has 0 aliphatic rings. The van der Waals surface area contributed by atoms with Crippen LogP contribution in [0.3, 0.4) is 0 Å². The zero-order chi connectivity index (χ0) is 11.9. The number of hydrogen-bond donors (Lipinski definition) is 1. The van der Waals surface area contributed by atoms with Gasteiger partial charge in [-0.2, -0.15) is 10.2 Å². The van der Waals surface area contributed by atoms with Crippen LogP contribution in [0.15, 0.2) is 64.8 Å². The van der Waals surface area contributed by atoms with E-state index < -0.39 is 0 Å². The Morgan fingerprint density at radius 2 is 1.41 bits per heavy atom. The van der Waals surface area contributed by atoms with E-state index >= 15 is 0 Å². The van der Waals surface area contributed by atoms with Crippen LogP contribution in [-0.2, 0) is 0 Å². The van der Waals surface area contributed by atoms with Gasteiger partial charge in [0.15, 0.2) is 0 Å². The molecule has 2 aromatic rings. The fourth-order valence-electron chi connectivity index (χ4n) is 1.30. The highest BCUT2D eigenvalue weighted by Gasteiger charge is 1.91. The van der Waals surface area contributed by atoms with Gasteiger partial charge in [-0.25, -0.2) is 0 Å². The topological polar surface area (TPSA) is 36.8 Å². The molecule has 0 fully saturated rings. The molecule has 0 saturated carbocycles. The Bertz CT molecular complexity index is 506. The summed E-state index contributed by atoms with van der Waals surface area (Å²) in [6.45, 7) is 0. The standard InChI is InChI=1S/C13H11N3S/c17-10-14-11-6-8-13(9-7-11)16-15-12-4-2-1-3-5-12/h1-10H,(H,14,17). The van der Waals surface area contributed by atoms with Crippen molar-refractivity contribution in [3.63, 3.8) is 0 Å². The molecule has 2 rings (SSSR count). The summed E-state index contributed by atoms with van der Waals surface area (Å²) in [7, 11) is 0. The fraction of sp³-hybridized carbons (Fsp3) is 0. The molecule has 84 valence electrons. The van der Waals surface area contributed by atoms with E-state index in [1.165, 1.54) is 5.49 Å². The Balaban J connectivity index is 2.08. The van der Waals surface area contributed by atoms with E-state index in [0.717, 1.165) is 17.1 Å². The summed E-state index contributed by atoms with van der Waals surface area (Å²) < 4.78 is 0. The quantitative estimate of drug-likeness (QED) is 0.633. The third-order valence-corrected chi connectivity index (χ3v) is 2.25. The van der Waals surface area contributed by atoms with Crippen LogP contribution in [0.2, 0.25) is 0 Å². The maximum atomic E-state index is 4.70. The summed E-state index contributed by atoms with van der Waals surface area (Å²) in [4.78, 5) is 0. The molecular formula is C13H11N3S. The van der Waals surface area contributed by atoms with Gasteiger partial charge >= 0.3 is 0 Å². The van der Waals surface area contributed by atoms with E-state index in [-0.39, 0.29) is 0 Å². The molecule has 0 aliphatic carbocycles. The number of anilines is 1. The van der Waals surface area contributed by atoms with Gasteiger partial charge in [-0.1, -0.05) is 30.4 Å². The molecule has 0 saturated heterocycles. The lowest BCUT2D eigenvalue weighted by molar-refractivity contribution is 1.23. The van der Waals surface area contributed by atoms with Gasteiger partial charge in [-0.05, 0) is 36.4 Å². The summed E-state index contributed by atoms with van der Waals surface area (Å²) >= 11 is 4.70. The number of rotatable bonds is 4. The number of azo groups is 1. The summed E-state index contributed by atoms with van der Waals surface area (Å²) in [5, 5.41) is 11.2. The molecule has 1 N–H and O–H groups in total. The average molecular weight is 241 g/mol. The number of nitrogens with zero attached hydrogens (tertiary/aromatic N) is 2. The predicted molar refractivity (Wildman–Crippen MR) is 74.3 cm³/mol. The zero-order valence-electron chi connectivity index (χ0n) is 9.08. The van der Waals surface area contributed by atoms with E-state index in [9.17, 15) is 0 Å². The normalized spacial score (nSPS) is 10.4. The summed E-state index contributed by atoms with van der Waals surface area (Å²) in [6.07, 6.45) is 0. The molecule has 0 bridgehead atoms. The van der Waals surface area contributed by atoms with Crippen molar-refractivity contribution < 1.29 is 0 Å². The molecule has 0 amide bonds. The van der Waals surface area contributed by atoms with E-state index in [4.69, 9.17) is 12.2 Å². The van der Waals surface area contributed by atoms with Crippen LogP contribution in [0.25, 0.3) is 0 Å². The van der Waals surface area contributed by atoms with Crippen molar-refractivity contribution in [2.24, 2.45) is 10.2 Å². The molecule has 0 unspecified atom stereocenters. The molecule has 0 aliphatic heterocycles. The number of thiocarbonyl (C=S) groups is 1. The van der Waals surface area contributed by atoms with Crippen LogP contribution < -0.4 is 5.32 Å². The van der Waals surface area contributed by atoms with Gasteiger partial charge in [0, 0.05) is 5.69 Å². The highest BCUT2D eigenvalue weighted by molar-refractivity contribution is 7.79. The van der Waals surface area contributed by atoms with Crippen molar-refractivity contribution in [2.75, 3.05) is 5.32 Å². The molecular weight excluding hydrogens is 230 g/mol. The third kappa shape index (κ3) is 3.46. The monoisotopic (exact) mass is 241 g/mol. The lowest BCUT2D eigenvalue weighted by Gasteiger charge is -1.98. The second-order valence-corrected chi connectivity index (χ2v) is 3.58. The molecule has 0 heterocycles. The van der Waals surface area contributed by atoms with E-state index in [1.54, 1.807) is 0 Å². The van der Waals surface area contributed by atoms with Crippen molar-refractivity contribution in [3.05, 3.63) is 54.6 Å². The highest BCUT2D eigenvalue weighted by Crippen LogP contribution is 2.19. The molecule has 17 heavy (non-hydrogen) atoms. The van der Waals surface area contributed by atoms with Crippen LogP contribution in [0.1, 0.15) is 0 Å². The first kappa shape index (κ1) is 11.4. The molecule has 0 radical (unpaired) electrons. The van der Waals surface area contributed by atoms with Crippen molar-refractivity contribution in [1.82, 2.24) is 0 Å². The van der Waals surface area contributed by atoms with Crippen LogP contribution in [-0.4, -0.2) is 5.49 Å². The van der Waals surface area contributed by atoms with Gasteiger partial charge in [-0.3, -0.25) is 0 Å². The minimum absolute atomic E-state index is 0.809. The van der Waals surface area contributed by atoms with E-state index in [2.05, 4.69) is 15.5 Å². The smallest absolute Gasteiger partial charge is 0.0858 e. The highest BCUT2D eigenvalue weighted by atomic mass is 32.1. The SMILES string of the molecule is S=CNc1ccc(N=Nc2ccccc2)cc1. The predicted octanol–water partition coefficient (Wildman–Crippen LogP) is 4.47. The van der Waals surface area contributed by atoms with Crippen molar-refractivity contribution in [3.8, 4) is 0 Å². The first-order chi connectivity index (χ1) is 8.38. The summed E-state index contributed by atoms with van der Waals surface area (Å²) in [5.74, 6) is 0. The Kier molecular flexibility index (Phi) is 3.94. The summed E-state index contributed by atoms with van der Waals surface area (Å²) in [6, 6.07) is 17.2. The van der Waals surface area contributed by atoms with E-state index in [1.807, 2.05) is 54.6 Å².